The summed E-state index contributed by atoms with van der Waals surface area (Å²) in [4.78, 5) is 46.7. The lowest BCUT2D eigenvalue weighted by molar-refractivity contribution is -0.140. The second-order valence-corrected chi connectivity index (χ2v) is 16.8. The van der Waals surface area contributed by atoms with Gasteiger partial charge in [-0.05, 0) is 50.5 Å². The van der Waals surface area contributed by atoms with Gasteiger partial charge in [-0.2, -0.15) is 0 Å². The zero-order valence-corrected chi connectivity index (χ0v) is 32.7. The molecule has 9 nitrogen and oxygen atoms in total. The van der Waals surface area contributed by atoms with Gasteiger partial charge in [-0.3, -0.25) is 9.59 Å². The Labute approximate surface area is 300 Å². The van der Waals surface area contributed by atoms with Crippen LogP contribution in [0.5, 0.6) is 0 Å². The fraction of sp³-hybridized carbons (Fsp3) is 0.775. The van der Waals surface area contributed by atoms with Gasteiger partial charge < -0.3 is 35.0 Å². The highest BCUT2D eigenvalue weighted by molar-refractivity contribution is 5.83. The van der Waals surface area contributed by atoms with Crippen LogP contribution in [-0.2, 0) is 14.4 Å². The van der Waals surface area contributed by atoms with Gasteiger partial charge in [-0.15, -0.1) is 0 Å². The van der Waals surface area contributed by atoms with E-state index in [2.05, 4.69) is 88.6 Å². The molecule has 2 N–H and O–H groups in total. The number of allylic oxidation sites excluding steroid dienone is 2. The Hall–Kier alpha value is -2.81. The van der Waals surface area contributed by atoms with Crippen molar-refractivity contribution in [3.63, 3.8) is 0 Å². The largest absolute Gasteiger partial charge is 0.376 e. The maximum Gasteiger partial charge on any atom is 0.245 e. The van der Waals surface area contributed by atoms with Crippen LogP contribution in [0.4, 0.5) is 0 Å². The van der Waals surface area contributed by atoms with E-state index in [0.29, 0.717) is 39.1 Å². The molecule has 0 bridgehead atoms. The summed E-state index contributed by atoms with van der Waals surface area (Å²) in [6.07, 6.45) is 12.5. The zero-order valence-electron chi connectivity index (χ0n) is 32.7. The number of carbonyl (C=O) groups excluding carboxylic acids is 3. The second-order valence-electron chi connectivity index (χ2n) is 16.8. The molecule has 9 heteroatoms. The first-order valence-electron chi connectivity index (χ1n) is 19.0. The lowest BCUT2D eigenvalue weighted by Gasteiger charge is -2.45. The number of hydrogen-bond donors (Lipinski definition) is 2. The average Bonchev–Trinajstić information content (AvgIpc) is 3.02. The van der Waals surface area contributed by atoms with Crippen LogP contribution >= 0.6 is 0 Å². The van der Waals surface area contributed by atoms with Crippen molar-refractivity contribution in [3.8, 4) is 0 Å². The summed E-state index contributed by atoms with van der Waals surface area (Å²) in [6, 6.07) is -0.486. The smallest absolute Gasteiger partial charge is 0.245 e. The Morgan fingerprint density at radius 2 is 1.33 bits per heavy atom. The van der Waals surface area contributed by atoms with Gasteiger partial charge in [-0.1, -0.05) is 99.8 Å². The van der Waals surface area contributed by atoms with E-state index < -0.39 is 0 Å². The van der Waals surface area contributed by atoms with Crippen molar-refractivity contribution in [2.45, 2.75) is 137 Å². The molecule has 2 aliphatic heterocycles. The highest BCUT2D eigenvalue weighted by atomic mass is 16.2. The number of rotatable bonds is 20. The summed E-state index contributed by atoms with van der Waals surface area (Å²) in [5.74, 6) is 0.322. The first-order chi connectivity index (χ1) is 23.0. The normalized spacial score (nSPS) is 19.4. The van der Waals surface area contributed by atoms with Crippen LogP contribution in [0, 0.1) is 10.8 Å². The summed E-state index contributed by atoms with van der Waals surface area (Å²) in [6.45, 7) is 32.5. The quantitative estimate of drug-likeness (QED) is 0.114. The van der Waals surface area contributed by atoms with Gasteiger partial charge in [0.25, 0.3) is 0 Å². The molecule has 0 radical (unpaired) electrons. The molecular formula is C40H72N6O3. The molecule has 2 fully saturated rings. The van der Waals surface area contributed by atoms with E-state index in [4.69, 9.17) is 0 Å². The van der Waals surface area contributed by atoms with E-state index in [1.807, 2.05) is 16.8 Å². The van der Waals surface area contributed by atoms with Crippen LogP contribution in [0.1, 0.15) is 119 Å². The summed E-state index contributed by atoms with van der Waals surface area (Å²) in [5.41, 5.74) is 2.90. The number of amides is 2. The Bertz CT molecular complexity index is 1110. The minimum Gasteiger partial charge on any atom is -0.376 e. The van der Waals surface area contributed by atoms with Crippen molar-refractivity contribution in [1.29, 1.82) is 0 Å². The SMILES string of the molecule is C=C(CNC)NC(C(=O)N1CCN(C(=C)CCCCCCCCCCC(=O)N2CCN(C(=C)CC(C)(C)C)C(C=O)C2)CC1C)C(C)(C)C. The highest BCUT2D eigenvalue weighted by Gasteiger charge is 2.38. The standard InChI is InChI=1S/C40H72N6O3/c1-31(27-41-11)42-37(40(8,9)10)38(49)46-25-22-43(28-34(46)4)32(2)20-18-16-14-12-13-15-17-19-21-36(48)44-23-24-45(35(29-44)30-47)33(3)26-39(5,6)7/h30,34-35,37,41-42H,1-3,12-29H2,4-11H3. The van der Waals surface area contributed by atoms with Crippen LogP contribution in [0.25, 0.3) is 0 Å². The van der Waals surface area contributed by atoms with Crippen molar-refractivity contribution in [1.82, 2.24) is 30.2 Å². The van der Waals surface area contributed by atoms with Gasteiger partial charge >= 0.3 is 0 Å². The fourth-order valence-electron chi connectivity index (χ4n) is 7.10. The minimum atomic E-state index is -0.318. The molecule has 0 aromatic rings. The van der Waals surface area contributed by atoms with Crippen molar-refractivity contribution in [2.24, 2.45) is 10.8 Å². The number of nitrogens with zero attached hydrogens (tertiary/aromatic N) is 4. The molecule has 0 aromatic heterocycles. The molecule has 3 atom stereocenters. The minimum absolute atomic E-state index is 0.116. The highest BCUT2D eigenvalue weighted by Crippen LogP contribution is 2.28. The first kappa shape index (κ1) is 42.4. The third-order valence-corrected chi connectivity index (χ3v) is 9.88. The average molecular weight is 685 g/mol. The maximum atomic E-state index is 13.6. The molecule has 2 aliphatic rings. The molecule has 2 saturated heterocycles. The predicted octanol–water partition coefficient (Wildman–Crippen LogP) is 6.33. The zero-order chi connectivity index (χ0) is 36.8. The molecule has 0 saturated carbocycles. The third kappa shape index (κ3) is 14.5. The molecule has 0 aromatic carbocycles. The van der Waals surface area contributed by atoms with E-state index in [1.54, 1.807) is 0 Å². The Morgan fingerprint density at radius 1 is 0.776 bits per heavy atom. The number of nitrogens with one attached hydrogen (secondary N) is 2. The van der Waals surface area contributed by atoms with Crippen LogP contribution in [0.2, 0.25) is 0 Å². The summed E-state index contributed by atoms with van der Waals surface area (Å²) in [5, 5.41) is 6.49. The Morgan fingerprint density at radius 3 is 1.86 bits per heavy atom. The monoisotopic (exact) mass is 685 g/mol. The van der Waals surface area contributed by atoms with E-state index in [9.17, 15) is 14.4 Å². The Balaban J connectivity index is 1.59. The predicted molar refractivity (Wildman–Crippen MR) is 204 cm³/mol. The fourth-order valence-corrected chi connectivity index (χ4v) is 7.10. The third-order valence-electron chi connectivity index (χ3n) is 9.88. The lowest BCUT2D eigenvalue weighted by atomic mass is 9.85. The second kappa shape index (κ2) is 20.1. The molecule has 2 amide bonds. The Kier molecular flexibility index (Phi) is 17.4. The first-order valence-corrected chi connectivity index (χ1v) is 19.0. The van der Waals surface area contributed by atoms with Crippen LogP contribution in [0.3, 0.4) is 0 Å². The van der Waals surface area contributed by atoms with E-state index in [0.717, 1.165) is 69.3 Å². The van der Waals surface area contributed by atoms with E-state index >= 15 is 0 Å². The van der Waals surface area contributed by atoms with Crippen molar-refractivity contribution in [2.75, 3.05) is 52.9 Å². The van der Waals surface area contributed by atoms with Crippen LogP contribution in [-0.4, -0.2) is 109 Å². The van der Waals surface area contributed by atoms with Crippen LogP contribution < -0.4 is 10.6 Å². The maximum absolute atomic E-state index is 13.6. The molecule has 0 aliphatic carbocycles. The molecule has 49 heavy (non-hydrogen) atoms. The molecule has 2 rings (SSSR count). The topological polar surface area (TPSA) is 88.2 Å². The molecule has 2 heterocycles. The number of hydrogen-bond acceptors (Lipinski definition) is 7. The summed E-state index contributed by atoms with van der Waals surface area (Å²) >= 11 is 0. The molecule has 280 valence electrons. The molecule has 0 spiro atoms. The molecular weight excluding hydrogens is 612 g/mol. The lowest BCUT2D eigenvalue weighted by Crippen LogP contribution is -2.60. The van der Waals surface area contributed by atoms with E-state index in [1.165, 1.54) is 31.4 Å². The van der Waals surface area contributed by atoms with Gasteiger partial charge in [0.05, 0.1) is 0 Å². The van der Waals surface area contributed by atoms with Gasteiger partial charge in [-0.25, -0.2) is 0 Å². The van der Waals surface area contributed by atoms with Crippen molar-refractivity contribution >= 4 is 18.1 Å². The number of likely N-dealkylation sites (N-methyl/N-ethyl adjacent to an activating group) is 1. The van der Waals surface area contributed by atoms with Crippen molar-refractivity contribution < 1.29 is 14.4 Å². The number of unbranched alkanes of at least 4 members (excludes halogenated alkanes) is 7. The van der Waals surface area contributed by atoms with E-state index in [-0.39, 0.29) is 40.8 Å². The number of aldehydes is 1. The van der Waals surface area contributed by atoms with Gasteiger partial charge in [0.2, 0.25) is 11.8 Å². The molecule has 3 unspecified atom stereocenters. The van der Waals surface area contributed by atoms with Gasteiger partial charge in [0, 0.05) is 75.4 Å². The number of piperazine rings is 2. The van der Waals surface area contributed by atoms with Gasteiger partial charge in [0.15, 0.2) is 0 Å². The summed E-state index contributed by atoms with van der Waals surface area (Å²) < 4.78 is 0. The van der Waals surface area contributed by atoms with Crippen LogP contribution in [0.15, 0.2) is 36.8 Å². The van der Waals surface area contributed by atoms with Crippen molar-refractivity contribution in [3.05, 3.63) is 36.8 Å². The summed E-state index contributed by atoms with van der Waals surface area (Å²) in [7, 11) is 1.88. The van der Waals surface area contributed by atoms with Gasteiger partial charge in [0.1, 0.15) is 18.4 Å². The number of carbonyl (C=O) groups is 3.